The van der Waals surface area contributed by atoms with Crippen molar-refractivity contribution in [1.82, 2.24) is 0 Å². The predicted molar refractivity (Wildman–Crippen MR) is 58.7 cm³/mol. The molecule has 7 heteroatoms. The zero-order chi connectivity index (χ0) is 12.3. The van der Waals surface area contributed by atoms with Crippen molar-refractivity contribution in [1.29, 1.82) is 0 Å². The highest BCUT2D eigenvalue weighted by Gasteiger charge is 2.28. The lowest BCUT2D eigenvalue weighted by molar-refractivity contribution is -0.386. The molecule has 0 aliphatic heterocycles. The fraction of sp³-hybridized carbons (Fsp3) is 0.222. The summed E-state index contributed by atoms with van der Waals surface area (Å²) in [6, 6.07) is 2.79. The lowest BCUT2D eigenvalue weighted by Crippen LogP contribution is -2.07. The molecule has 0 radical (unpaired) electrons. The van der Waals surface area contributed by atoms with Crippen molar-refractivity contribution in [2.24, 2.45) is 0 Å². The van der Waals surface area contributed by atoms with Gasteiger partial charge in [-0.3, -0.25) is 10.1 Å². The first-order valence-electron chi connectivity index (χ1n) is 4.12. The molecule has 0 aromatic heterocycles. The quantitative estimate of drug-likeness (QED) is 0.484. The minimum absolute atomic E-state index is 0.00657. The number of methoxy groups -OCH3 is 2. The first kappa shape index (κ1) is 12.4. The second kappa shape index (κ2) is 4.93. The highest BCUT2D eigenvalue weighted by atomic mass is 79.9. The van der Waals surface area contributed by atoms with Gasteiger partial charge in [-0.25, -0.2) is 4.79 Å². The van der Waals surface area contributed by atoms with Crippen LogP contribution in [0.4, 0.5) is 5.69 Å². The number of benzene rings is 1. The Kier molecular flexibility index (Phi) is 3.83. The average Bonchev–Trinajstić information content (AvgIpc) is 2.27. The van der Waals surface area contributed by atoms with Gasteiger partial charge in [0.1, 0.15) is 5.56 Å². The van der Waals surface area contributed by atoms with Gasteiger partial charge in [0.15, 0.2) is 0 Å². The number of nitro benzene ring substituents is 1. The van der Waals surface area contributed by atoms with Crippen LogP contribution in [0.25, 0.3) is 0 Å². The number of nitrogens with zero attached hydrogens (tertiary/aromatic N) is 1. The Morgan fingerprint density at radius 2 is 2.06 bits per heavy atom. The SMILES string of the molecule is COC(=O)c1ccc(Br)c(OC)c1[N+](=O)[O-]. The van der Waals surface area contributed by atoms with Crippen molar-refractivity contribution in [2.45, 2.75) is 0 Å². The lowest BCUT2D eigenvalue weighted by Gasteiger charge is -2.07. The summed E-state index contributed by atoms with van der Waals surface area (Å²) in [6.07, 6.45) is 0. The van der Waals surface area contributed by atoms with Gasteiger partial charge in [-0.05, 0) is 28.1 Å². The zero-order valence-corrected chi connectivity index (χ0v) is 10.1. The monoisotopic (exact) mass is 289 g/mol. The molecule has 0 heterocycles. The molecule has 0 spiro atoms. The van der Waals surface area contributed by atoms with E-state index in [9.17, 15) is 14.9 Å². The van der Waals surface area contributed by atoms with Crippen molar-refractivity contribution in [3.8, 4) is 5.75 Å². The number of esters is 1. The van der Waals surface area contributed by atoms with Crippen LogP contribution in [0.5, 0.6) is 5.75 Å². The molecule has 1 aromatic rings. The maximum absolute atomic E-state index is 11.3. The van der Waals surface area contributed by atoms with E-state index in [4.69, 9.17) is 4.74 Å². The molecule has 16 heavy (non-hydrogen) atoms. The second-order valence-corrected chi connectivity index (χ2v) is 3.58. The molecule has 0 saturated carbocycles. The van der Waals surface area contributed by atoms with Gasteiger partial charge < -0.3 is 9.47 Å². The van der Waals surface area contributed by atoms with E-state index in [1.165, 1.54) is 19.2 Å². The van der Waals surface area contributed by atoms with Gasteiger partial charge in [-0.1, -0.05) is 0 Å². The molecule has 0 fully saturated rings. The van der Waals surface area contributed by atoms with E-state index in [0.29, 0.717) is 4.47 Å². The van der Waals surface area contributed by atoms with Crippen molar-refractivity contribution in [2.75, 3.05) is 14.2 Å². The van der Waals surface area contributed by atoms with Gasteiger partial charge in [0.25, 0.3) is 0 Å². The Morgan fingerprint density at radius 3 is 2.50 bits per heavy atom. The number of halogens is 1. The van der Waals surface area contributed by atoms with Gasteiger partial charge in [0.05, 0.1) is 23.6 Å². The Labute approximate surface area is 99.4 Å². The van der Waals surface area contributed by atoms with Gasteiger partial charge >= 0.3 is 11.7 Å². The summed E-state index contributed by atoms with van der Waals surface area (Å²) < 4.78 is 9.73. The molecule has 0 atom stereocenters. The third-order valence-corrected chi connectivity index (χ3v) is 2.50. The number of carbonyl (C=O) groups is 1. The van der Waals surface area contributed by atoms with E-state index < -0.39 is 16.6 Å². The lowest BCUT2D eigenvalue weighted by atomic mass is 10.1. The van der Waals surface area contributed by atoms with Crippen LogP contribution in [-0.4, -0.2) is 25.1 Å². The number of rotatable bonds is 3. The fourth-order valence-electron chi connectivity index (χ4n) is 1.20. The summed E-state index contributed by atoms with van der Waals surface area (Å²) in [6.45, 7) is 0. The topological polar surface area (TPSA) is 78.7 Å². The van der Waals surface area contributed by atoms with E-state index >= 15 is 0 Å². The normalized spacial score (nSPS) is 9.69. The second-order valence-electron chi connectivity index (χ2n) is 2.73. The summed E-state index contributed by atoms with van der Waals surface area (Å²) in [5.74, 6) is -0.787. The van der Waals surface area contributed by atoms with Crippen LogP contribution in [0.3, 0.4) is 0 Å². The zero-order valence-electron chi connectivity index (χ0n) is 8.52. The Balaban J connectivity index is 3.51. The molecular weight excluding hydrogens is 282 g/mol. The largest absolute Gasteiger partial charge is 0.489 e. The molecule has 1 rings (SSSR count). The summed E-state index contributed by atoms with van der Waals surface area (Å²) in [5.41, 5.74) is -0.559. The van der Waals surface area contributed by atoms with Crippen LogP contribution >= 0.6 is 15.9 Å². The van der Waals surface area contributed by atoms with E-state index in [1.54, 1.807) is 0 Å². The molecule has 0 bridgehead atoms. The number of hydrogen-bond donors (Lipinski definition) is 0. The van der Waals surface area contributed by atoms with Crippen LogP contribution in [0, 0.1) is 10.1 Å². The van der Waals surface area contributed by atoms with Crippen LogP contribution in [0.1, 0.15) is 10.4 Å². The number of ether oxygens (including phenoxy) is 2. The standard InChI is InChI=1S/C9H8BrNO5/c1-15-8-6(10)4-3-5(9(12)16-2)7(8)11(13)14/h3-4H,1-2H3. The molecular formula is C9H8BrNO5. The fourth-order valence-corrected chi connectivity index (χ4v) is 1.68. The van der Waals surface area contributed by atoms with E-state index in [2.05, 4.69) is 20.7 Å². The maximum Gasteiger partial charge on any atom is 0.345 e. The Bertz CT molecular complexity index is 446. The summed E-state index contributed by atoms with van der Waals surface area (Å²) in [5, 5.41) is 10.9. The van der Waals surface area contributed by atoms with Gasteiger partial charge in [0.2, 0.25) is 5.75 Å². The summed E-state index contributed by atoms with van der Waals surface area (Å²) >= 11 is 3.10. The minimum Gasteiger partial charge on any atom is -0.489 e. The van der Waals surface area contributed by atoms with Crippen molar-refractivity contribution in [3.63, 3.8) is 0 Å². The molecule has 0 saturated heterocycles. The first-order chi connectivity index (χ1) is 7.52. The number of nitro groups is 1. The average molecular weight is 290 g/mol. The maximum atomic E-state index is 11.3. The van der Waals surface area contributed by atoms with Gasteiger partial charge in [-0.2, -0.15) is 0 Å². The van der Waals surface area contributed by atoms with Crippen molar-refractivity contribution >= 4 is 27.6 Å². The minimum atomic E-state index is -0.780. The van der Waals surface area contributed by atoms with Crippen LogP contribution in [-0.2, 0) is 4.74 Å². The van der Waals surface area contributed by atoms with Crippen LogP contribution in [0.2, 0.25) is 0 Å². The Morgan fingerprint density at radius 1 is 1.44 bits per heavy atom. The van der Waals surface area contributed by atoms with Crippen molar-refractivity contribution in [3.05, 3.63) is 32.3 Å². The van der Waals surface area contributed by atoms with E-state index in [0.717, 1.165) is 7.11 Å². The van der Waals surface area contributed by atoms with Gasteiger partial charge in [0, 0.05) is 0 Å². The molecule has 0 amide bonds. The molecule has 6 nitrogen and oxygen atoms in total. The highest BCUT2D eigenvalue weighted by molar-refractivity contribution is 9.10. The van der Waals surface area contributed by atoms with Crippen LogP contribution < -0.4 is 4.74 Å². The third-order valence-electron chi connectivity index (χ3n) is 1.88. The van der Waals surface area contributed by atoms with E-state index in [1.807, 2.05) is 0 Å². The first-order valence-corrected chi connectivity index (χ1v) is 4.91. The van der Waals surface area contributed by atoms with Crippen molar-refractivity contribution < 1.29 is 19.2 Å². The van der Waals surface area contributed by atoms with Gasteiger partial charge in [-0.15, -0.1) is 0 Å². The molecule has 1 aromatic carbocycles. The molecule has 86 valence electrons. The molecule has 0 aliphatic rings. The molecule has 0 unspecified atom stereocenters. The molecule has 0 aliphatic carbocycles. The molecule has 0 N–H and O–H groups in total. The predicted octanol–water partition coefficient (Wildman–Crippen LogP) is 2.15. The third kappa shape index (κ3) is 2.13. The highest BCUT2D eigenvalue weighted by Crippen LogP contribution is 2.37. The van der Waals surface area contributed by atoms with E-state index in [-0.39, 0.29) is 11.3 Å². The summed E-state index contributed by atoms with van der Waals surface area (Å²) in [4.78, 5) is 21.5. The Hall–Kier alpha value is -1.63. The number of carbonyl (C=O) groups excluding carboxylic acids is 1. The summed E-state index contributed by atoms with van der Waals surface area (Å²) in [7, 11) is 2.44. The number of hydrogen-bond acceptors (Lipinski definition) is 5. The van der Waals surface area contributed by atoms with Crippen LogP contribution in [0.15, 0.2) is 16.6 Å². The smallest absolute Gasteiger partial charge is 0.345 e.